The van der Waals surface area contributed by atoms with Crippen molar-refractivity contribution < 1.29 is 27.0 Å². The second kappa shape index (κ2) is 9.86. The van der Waals surface area contributed by atoms with Crippen molar-refractivity contribution in [2.24, 2.45) is 0 Å². The van der Waals surface area contributed by atoms with Crippen molar-refractivity contribution in [1.82, 2.24) is 0 Å². The van der Waals surface area contributed by atoms with E-state index in [1.807, 2.05) is 26.0 Å². The summed E-state index contributed by atoms with van der Waals surface area (Å²) in [6.45, 7) is 2.75. The fourth-order valence-corrected chi connectivity index (χ4v) is 3.16. The predicted molar refractivity (Wildman–Crippen MR) is 113 cm³/mol. The van der Waals surface area contributed by atoms with Gasteiger partial charge in [-0.2, -0.15) is 13.2 Å². The average Bonchev–Trinajstić information content (AvgIpc) is 2.76. The number of aryl methyl sites for hydroxylation is 2. The lowest BCUT2D eigenvalue weighted by Gasteiger charge is -2.19. The molecule has 0 aromatic heterocycles. The first-order chi connectivity index (χ1) is 14.8. The van der Waals surface area contributed by atoms with Crippen LogP contribution in [0, 0.1) is 11.6 Å². The zero-order chi connectivity index (χ0) is 22.4. The van der Waals surface area contributed by atoms with Gasteiger partial charge in [0.05, 0.1) is 0 Å². The van der Waals surface area contributed by atoms with Gasteiger partial charge in [-0.1, -0.05) is 56.7 Å². The maximum Gasteiger partial charge on any atom is 0.432 e. The van der Waals surface area contributed by atoms with Gasteiger partial charge in [-0.05, 0) is 53.8 Å². The van der Waals surface area contributed by atoms with Crippen LogP contribution in [0.2, 0.25) is 0 Å². The van der Waals surface area contributed by atoms with Crippen LogP contribution in [0.25, 0.3) is 11.1 Å². The molecule has 0 saturated carbocycles. The van der Waals surface area contributed by atoms with Gasteiger partial charge < -0.3 is 9.47 Å². The monoisotopic (exact) mass is 432 g/mol. The number of alkyl halides is 2. The van der Waals surface area contributed by atoms with Crippen molar-refractivity contribution in [3.05, 3.63) is 83.4 Å². The van der Waals surface area contributed by atoms with Gasteiger partial charge in [0.1, 0.15) is 5.75 Å². The standard InChI is InChI=1S/C25H24F4O2/c1-3-5-18-8-12-20(13-9-18)31-25(28,29)16-30-22-15-14-21(23(26)24(22)27)19-10-6-17(4-2)7-11-19/h6-15H,3-5,16H2,1-2H3. The van der Waals surface area contributed by atoms with E-state index < -0.39 is 30.1 Å². The van der Waals surface area contributed by atoms with E-state index in [-0.39, 0.29) is 11.3 Å². The number of hydrogen-bond donors (Lipinski definition) is 0. The molecule has 0 atom stereocenters. The van der Waals surface area contributed by atoms with Crippen LogP contribution in [0.15, 0.2) is 60.7 Å². The molecular formula is C25H24F4O2. The van der Waals surface area contributed by atoms with E-state index in [0.29, 0.717) is 5.56 Å². The molecule has 0 spiro atoms. The first-order valence-corrected chi connectivity index (χ1v) is 10.2. The highest BCUT2D eigenvalue weighted by atomic mass is 19.3. The molecule has 0 aliphatic heterocycles. The highest BCUT2D eigenvalue weighted by Gasteiger charge is 2.34. The maximum atomic E-state index is 14.5. The normalized spacial score (nSPS) is 11.4. The highest BCUT2D eigenvalue weighted by Crippen LogP contribution is 2.31. The van der Waals surface area contributed by atoms with Crippen LogP contribution in [0.5, 0.6) is 11.5 Å². The van der Waals surface area contributed by atoms with E-state index in [4.69, 9.17) is 4.74 Å². The summed E-state index contributed by atoms with van der Waals surface area (Å²) in [7, 11) is 0. The SMILES string of the molecule is CCCc1ccc(OC(F)(F)COc2ccc(-c3ccc(CC)cc3)c(F)c2F)cc1. The molecule has 2 nitrogen and oxygen atoms in total. The molecule has 0 saturated heterocycles. The van der Waals surface area contributed by atoms with Gasteiger partial charge in [-0.3, -0.25) is 0 Å². The zero-order valence-electron chi connectivity index (χ0n) is 17.4. The number of halogens is 4. The lowest BCUT2D eigenvalue weighted by atomic mass is 10.0. The average molecular weight is 432 g/mol. The molecule has 164 valence electrons. The first-order valence-electron chi connectivity index (χ1n) is 10.2. The van der Waals surface area contributed by atoms with Crippen molar-refractivity contribution >= 4 is 0 Å². The van der Waals surface area contributed by atoms with E-state index in [9.17, 15) is 17.6 Å². The lowest BCUT2D eigenvalue weighted by molar-refractivity contribution is -0.195. The molecule has 0 bridgehead atoms. The Hall–Kier alpha value is -3.02. The molecule has 0 amide bonds. The van der Waals surface area contributed by atoms with Crippen molar-refractivity contribution in [3.63, 3.8) is 0 Å². The van der Waals surface area contributed by atoms with E-state index in [2.05, 4.69) is 4.74 Å². The second-order valence-corrected chi connectivity index (χ2v) is 7.21. The summed E-state index contributed by atoms with van der Waals surface area (Å²) in [5.41, 5.74) is 2.59. The number of hydrogen-bond acceptors (Lipinski definition) is 2. The zero-order valence-corrected chi connectivity index (χ0v) is 17.4. The van der Waals surface area contributed by atoms with Crippen molar-refractivity contribution in [2.75, 3.05) is 6.61 Å². The minimum atomic E-state index is -3.72. The highest BCUT2D eigenvalue weighted by molar-refractivity contribution is 5.65. The summed E-state index contributed by atoms with van der Waals surface area (Å²) in [6.07, 6.45) is -1.12. The van der Waals surface area contributed by atoms with Gasteiger partial charge in [-0.25, -0.2) is 4.39 Å². The molecule has 0 aliphatic rings. The van der Waals surface area contributed by atoms with Gasteiger partial charge in [0.2, 0.25) is 5.82 Å². The van der Waals surface area contributed by atoms with Crippen LogP contribution in [-0.2, 0) is 12.8 Å². The summed E-state index contributed by atoms with van der Waals surface area (Å²) < 4.78 is 66.7. The summed E-state index contributed by atoms with van der Waals surface area (Å²) in [5, 5.41) is 0. The smallest absolute Gasteiger partial charge is 0.432 e. The molecule has 3 aromatic carbocycles. The molecule has 3 rings (SSSR count). The number of ether oxygens (including phenoxy) is 2. The quantitative estimate of drug-likeness (QED) is 0.333. The van der Waals surface area contributed by atoms with Crippen LogP contribution in [0.4, 0.5) is 17.6 Å². The summed E-state index contributed by atoms with van der Waals surface area (Å²) in [4.78, 5) is 0. The molecular weight excluding hydrogens is 408 g/mol. The third kappa shape index (κ3) is 5.78. The van der Waals surface area contributed by atoms with E-state index in [1.54, 1.807) is 24.3 Å². The van der Waals surface area contributed by atoms with E-state index >= 15 is 0 Å². The first kappa shape index (κ1) is 22.7. The molecule has 6 heteroatoms. The minimum absolute atomic E-state index is 0.0303. The lowest BCUT2D eigenvalue weighted by Crippen LogP contribution is -2.32. The third-order valence-electron chi connectivity index (χ3n) is 4.84. The third-order valence-corrected chi connectivity index (χ3v) is 4.84. The topological polar surface area (TPSA) is 18.5 Å². The molecule has 0 unspecified atom stereocenters. The van der Waals surface area contributed by atoms with Crippen molar-refractivity contribution in [2.45, 2.75) is 39.2 Å². The van der Waals surface area contributed by atoms with Gasteiger partial charge in [0.15, 0.2) is 18.2 Å². The maximum absolute atomic E-state index is 14.5. The van der Waals surface area contributed by atoms with Crippen LogP contribution in [-0.4, -0.2) is 12.7 Å². The summed E-state index contributed by atoms with van der Waals surface area (Å²) >= 11 is 0. The van der Waals surface area contributed by atoms with Crippen LogP contribution in [0.3, 0.4) is 0 Å². The predicted octanol–water partition coefficient (Wildman–Crippen LogP) is 7.20. The van der Waals surface area contributed by atoms with Crippen LogP contribution < -0.4 is 9.47 Å². The molecule has 3 aromatic rings. The fourth-order valence-electron chi connectivity index (χ4n) is 3.16. The Balaban J connectivity index is 1.68. The largest absolute Gasteiger partial charge is 0.480 e. The molecule has 0 aliphatic carbocycles. The summed E-state index contributed by atoms with van der Waals surface area (Å²) in [5.74, 6) is -3.12. The Labute approximate surface area is 179 Å². The minimum Gasteiger partial charge on any atom is -0.480 e. The van der Waals surface area contributed by atoms with Crippen molar-refractivity contribution in [3.8, 4) is 22.6 Å². The Morgan fingerprint density at radius 2 is 1.42 bits per heavy atom. The number of benzene rings is 3. The van der Waals surface area contributed by atoms with Gasteiger partial charge in [-0.15, -0.1) is 0 Å². The van der Waals surface area contributed by atoms with Gasteiger partial charge >= 0.3 is 6.11 Å². The van der Waals surface area contributed by atoms with E-state index in [0.717, 1.165) is 36.5 Å². The van der Waals surface area contributed by atoms with Crippen molar-refractivity contribution in [1.29, 1.82) is 0 Å². The Kier molecular flexibility index (Phi) is 7.21. The van der Waals surface area contributed by atoms with Crippen LogP contribution >= 0.6 is 0 Å². The van der Waals surface area contributed by atoms with Gasteiger partial charge in [0.25, 0.3) is 0 Å². The van der Waals surface area contributed by atoms with E-state index in [1.165, 1.54) is 18.2 Å². The Morgan fingerprint density at radius 1 is 0.774 bits per heavy atom. The Bertz CT molecular complexity index is 999. The molecule has 0 heterocycles. The van der Waals surface area contributed by atoms with Crippen LogP contribution in [0.1, 0.15) is 31.4 Å². The molecule has 31 heavy (non-hydrogen) atoms. The van der Waals surface area contributed by atoms with Gasteiger partial charge in [0, 0.05) is 5.56 Å². The fraction of sp³-hybridized carbons (Fsp3) is 0.280. The number of rotatable bonds is 9. The Morgan fingerprint density at radius 3 is 2.03 bits per heavy atom. The second-order valence-electron chi connectivity index (χ2n) is 7.21. The molecule has 0 fully saturated rings. The molecule has 0 radical (unpaired) electrons. The summed E-state index contributed by atoms with van der Waals surface area (Å²) in [6, 6.07) is 15.8. The molecule has 0 N–H and O–H groups in total.